The molecule has 7 nitrogen and oxygen atoms in total. The summed E-state index contributed by atoms with van der Waals surface area (Å²) >= 11 is 0. The molecule has 1 aliphatic rings. The van der Waals surface area contributed by atoms with Crippen LogP contribution in [0.2, 0.25) is 0 Å². The van der Waals surface area contributed by atoms with Crippen LogP contribution in [0.4, 0.5) is 5.69 Å². The largest absolute Gasteiger partial charge is 0.390 e. The first-order valence-electron chi connectivity index (χ1n) is 8.60. The van der Waals surface area contributed by atoms with Crippen molar-refractivity contribution in [2.75, 3.05) is 13.1 Å². The SMILES string of the molecule is Cc1ccc(C2CCCN2CC(O)Cn2cc([N+](=O)[O-])cn2)cc1C. The van der Waals surface area contributed by atoms with E-state index >= 15 is 0 Å². The summed E-state index contributed by atoms with van der Waals surface area (Å²) < 4.78 is 1.43. The quantitative estimate of drug-likeness (QED) is 0.643. The van der Waals surface area contributed by atoms with Gasteiger partial charge in [-0.3, -0.25) is 19.7 Å². The van der Waals surface area contributed by atoms with E-state index in [-0.39, 0.29) is 12.2 Å². The number of aromatic nitrogens is 2. The Morgan fingerprint density at radius 2 is 2.16 bits per heavy atom. The zero-order valence-corrected chi connectivity index (χ0v) is 14.6. The average Bonchev–Trinajstić information content (AvgIpc) is 3.19. The number of aliphatic hydroxyl groups excluding tert-OH is 1. The van der Waals surface area contributed by atoms with Crippen LogP contribution in [0.15, 0.2) is 30.6 Å². The number of likely N-dealkylation sites (tertiary alicyclic amines) is 1. The predicted octanol–water partition coefficient (Wildman–Crippen LogP) is 2.61. The fraction of sp³-hybridized carbons (Fsp3) is 0.500. The molecule has 1 aromatic carbocycles. The standard InChI is InChI=1S/C18H24N4O3/c1-13-5-6-15(8-14(13)2)18-4-3-7-20(18)11-17(23)12-21-10-16(9-19-21)22(24)25/h5-6,8-10,17-18,23H,3-4,7,11-12H2,1-2H3. The lowest BCUT2D eigenvalue weighted by molar-refractivity contribution is -0.385. The average molecular weight is 344 g/mol. The zero-order valence-electron chi connectivity index (χ0n) is 14.6. The summed E-state index contributed by atoms with van der Waals surface area (Å²) in [6.45, 7) is 5.97. The van der Waals surface area contributed by atoms with E-state index in [9.17, 15) is 15.2 Å². The number of β-amino-alcohol motifs (C(OH)–C–C–N with tert-alkyl or cyclic N) is 1. The first kappa shape index (κ1) is 17.6. The van der Waals surface area contributed by atoms with Crippen LogP contribution in [0.5, 0.6) is 0 Å². The van der Waals surface area contributed by atoms with Gasteiger partial charge in [0.15, 0.2) is 0 Å². The summed E-state index contributed by atoms with van der Waals surface area (Å²) in [7, 11) is 0. The van der Waals surface area contributed by atoms with Crippen molar-refractivity contribution in [3.63, 3.8) is 0 Å². The monoisotopic (exact) mass is 344 g/mol. The summed E-state index contributed by atoms with van der Waals surface area (Å²) in [4.78, 5) is 12.5. The molecule has 0 saturated carbocycles. The summed E-state index contributed by atoms with van der Waals surface area (Å²) in [5, 5.41) is 25.1. The maximum Gasteiger partial charge on any atom is 0.306 e. The smallest absolute Gasteiger partial charge is 0.306 e. The molecule has 0 spiro atoms. The second-order valence-electron chi connectivity index (χ2n) is 6.83. The van der Waals surface area contributed by atoms with Gasteiger partial charge in [0.1, 0.15) is 12.4 Å². The van der Waals surface area contributed by atoms with Crippen LogP contribution in [0.3, 0.4) is 0 Å². The van der Waals surface area contributed by atoms with Gasteiger partial charge >= 0.3 is 5.69 Å². The van der Waals surface area contributed by atoms with Crippen molar-refractivity contribution in [3.05, 3.63) is 57.4 Å². The van der Waals surface area contributed by atoms with E-state index < -0.39 is 11.0 Å². The molecule has 0 aliphatic carbocycles. The van der Waals surface area contributed by atoms with Crippen LogP contribution in [0.1, 0.15) is 35.6 Å². The molecule has 0 bridgehead atoms. The highest BCUT2D eigenvalue weighted by Crippen LogP contribution is 2.32. The second kappa shape index (κ2) is 7.33. The molecule has 134 valence electrons. The lowest BCUT2D eigenvalue weighted by atomic mass is 9.99. The van der Waals surface area contributed by atoms with Crippen molar-refractivity contribution in [1.29, 1.82) is 0 Å². The number of rotatable bonds is 6. The molecule has 25 heavy (non-hydrogen) atoms. The molecule has 2 heterocycles. The van der Waals surface area contributed by atoms with E-state index in [0.717, 1.165) is 19.4 Å². The first-order valence-corrected chi connectivity index (χ1v) is 8.60. The molecule has 0 amide bonds. The van der Waals surface area contributed by atoms with Crippen LogP contribution in [-0.4, -0.2) is 43.9 Å². The molecular formula is C18H24N4O3. The topological polar surface area (TPSA) is 84.4 Å². The molecule has 1 aliphatic heterocycles. The Labute approximate surface area is 147 Å². The van der Waals surface area contributed by atoms with Crippen LogP contribution < -0.4 is 0 Å². The summed E-state index contributed by atoms with van der Waals surface area (Å²) in [6.07, 6.45) is 4.14. The number of nitrogens with zero attached hydrogens (tertiary/aromatic N) is 4. The van der Waals surface area contributed by atoms with E-state index in [0.29, 0.717) is 12.6 Å². The molecule has 2 unspecified atom stereocenters. The molecular weight excluding hydrogens is 320 g/mol. The normalized spacial score (nSPS) is 19.2. The van der Waals surface area contributed by atoms with Gasteiger partial charge in [-0.1, -0.05) is 18.2 Å². The summed E-state index contributed by atoms with van der Waals surface area (Å²) in [5.41, 5.74) is 3.81. The highest BCUT2D eigenvalue weighted by atomic mass is 16.6. The third kappa shape index (κ3) is 4.05. The van der Waals surface area contributed by atoms with Crippen LogP contribution in [0.25, 0.3) is 0 Å². The first-order chi connectivity index (χ1) is 11.9. The van der Waals surface area contributed by atoms with Crippen LogP contribution >= 0.6 is 0 Å². The van der Waals surface area contributed by atoms with Crippen molar-refractivity contribution in [1.82, 2.24) is 14.7 Å². The van der Waals surface area contributed by atoms with Gasteiger partial charge in [-0.2, -0.15) is 5.10 Å². The minimum absolute atomic E-state index is 0.0543. The molecule has 7 heteroatoms. The maximum atomic E-state index is 10.7. The molecule has 3 rings (SSSR count). The molecule has 1 aromatic heterocycles. The van der Waals surface area contributed by atoms with Crippen molar-refractivity contribution < 1.29 is 10.0 Å². The van der Waals surface area contributed by atoms with Gasteiger partial charge in [-0.15, -0.1) is 0 Å². The zero-order chi connectivity index (χ0) is 18.0. The van der Waals surface area contributed by atoms with Crippen molar-refractivity contribution >= 4 is 5.69 Å². The Kier molecular flexibility index (Phi) is 5.15. The Morgan fingerprint density at radius 3 is 2.84 bits per heavy atom. The Morgan fingerprint density at radius 1 is 1.36 bits per heavy atom. The number of aliphatic hydroxyl groups is 1. The van der Waals surface area contributed by atoms with Crippen LogP contribution in [0, 0.1) is 24.0 Å². The maximum absolute atomic E-state index is 10.7. The van der Waals surface area contributed by atoms with E-state index in [1.807, 2.05) is 0 Å². The van der Waals surface area contributed by atoms with E-state index in [1.165, 1.54) is 33.8 Å². The van der Waals surface area contributed by atoms with E-state index in [2.05, 4.69) is 42.0 Å². The number of nitro groups is 1. The van der Waals surface area contributed by atoms with Gasteiger partial charge in [-0.05, 0) is 49.9 Å². The van der Waals surface area contributed by atoms with Gasteiger partial charge in [0.05, 0.1) is 17.6 Å². The Bertz CT molecular complexity index is 759. The van der Waals surface area contributed by atoms with Crippen LogP contribution in [-0.2, 0) is 6.54 Å². The minimum atomic E-state index is -0.619. The third-order valence-electron chi connectivity index (χ3n) is 4.95. The molecule has 1 N–H and O–H groups in total. The predicted molar refractivity (Wildman–Crippen MR) is 94.4 cm³/mol. The second-order valence-corrected chi connectivity index (χ2v) is 6.83. The number of hydrogen-bond donors (Lipinski definition) is 1. The van der Waals surface area contributed by atoms with Crippen molar-refractivity contribution in [2.24, 2.45) is 0 Å². The summed E-state index contributed by atoms with van der Waals surface area (Å²) in [6, 6.07) is 6.89. The molecule has 1 fully saturated rings. The number of benzene rings is 1. The van der Waals surface area contributed by atoms with E-state index in [4.69, 9.17) is 0 Å². The molecule has 2 atom stereocenters. The Balaban J connectivity index is 1.64. The fourth-order valence-corrected chi connectivity index (χ4v) is 3.49. The molecule has 2 aromatic rings. The fourth-order valence-electron chi connectivity index (χ4n) is 3.49. The lowest BCUT2D eigenvalue weighted by Gasteiger charge is -2.27. The third-order valence-corrected chi connectivity index (χ3v) is 4.95. The van der Waals surface area contributed by atoms with Gasteiger partial charge in [0.25, 0.3) is 0 Å². The Hall–Kier alpha value is -2.25. The van der Waals surface area contributed by atoms with Crippen molar-refractivity contribution in [2.45, 2.75) is 45.4 Å². The highest BCUT2D eigenvalue weighted by Gasteiger charge is 2.28. The van der Waals surface area contributed by atoms with Crippen molar-refractivity contribution in [3.8, 4) is 0 Å². The highest BCUT2D eigenvalue weighted by molar-refractivity contribution is 5.32. The molecule has 1 saturated heterocycles. The van der Waals surface area contributed by atoms with Gasteiger partial charge in [-0.25, -0.2) is 0 Å². The van der Waals surface area contributed by atoms with E-state index in [1.54, 1.807) is 0 Å². The van der Waals surface area contributed by atoms with Gasteiger partial charge < -0.3 is 5.11 Å². The molecule has 0 radical (unpaired) electrons. The van der Waals surface area contributed by atoms with Gasteiger partial charge in [0.2, 0.25) is 0 Å². The number of aryl methyl sites for hydroxylation is 2. The number of hydrogen-bond acceptors (Lipinski definition) is 5. The lowest BCUT2D eigenvalue weighted by Crippen LogP contribution is -2.34. The summed E-state index contributed by atoms with van der Waals surface area (Å²) in [5.74, 6) is 0. The minimum Gasteiger partial charge on any atom is -0.390 e. The van der Waals surface area contributed by atoms with Gasteiger partial charge in [0, 0.05) is 12.6 Å².